The summed E-state index contributed by atoms with van der Waals surface area (Å²) in [5.74, 6) is -0.309. The number of carbonyl (C=O) groups is 2. The number of halogens is 1. The summed E-state index contributed by atoms with van der Waals surface area (Å²) in [7, 11) is 1.36. The van der Waals surface area contributed by atoms with Gasteiger partial charge in [-0.05, 0) is 32.2 Å². The number of carbonyl (C=O) groups excluding carboxylic acids is 2. The summed E-state index contributed by atoms with van der Waals surface area (Å²) in [6, 6.07) is -0.183. The quantitative estimate of drug-likeness (QED) is 0.755. The zero-order valence-corrected chi connectivity index (χ0v) is 13.6. The number of rotatable bonds is 5. The normalized spacial score (nSPS) is 25.0. The molecule has 0 aromatic carbocycles. The van der Waals surface area contributed by atoms with E-state index in [9.17, 15) is 9.59 Å². The van der Waals surface area contributed by atoms with Crippen molar-refractivity contribution >= 4 is 24.3 Å². The highest BCUT2D eigenvalue weighted by Gasteiger charge is 2.31. The molecule has 118 valence electrons. The summed E-state index contributed by atoms with van der Waals surface area (Å²) in [5.41, 5.74) is 0. The molecule has 0 unspecified atom stereocenters. The van der Waals surface area contributed by atoms with Gasteiger partial charge in [0.15, 0.2) is 0 Å². The molecule has 5 nitrogen and oxygen atoms in total. The van der Waals surface area contributed by atoms with E-state index in [1.807, 2.05) is 13.8 Å². The minimum atomic E-state index is -0.535. The second-order valence-electron chi connectivity index (χ2n) is 5.47. The number of esters is 1. The first-order chi connectivity index (χ1) is 8.99. The van der Waals surface area contributed by atoms with Gasteiger partial charge in [0.05, 0.1) is 7.11 Å². The molecule has 0 radical (unpaired) electrons. The maximum absolute atomic E-state index is 12.2. The molecule has 1 saturated heterocycles. The van der Waals surface area contributed by atoms with Crippen molar-refractivity contribution in [3.8, 4) is 0 Å². The Morgan fingerprint density at radius 2 is 2.10 bits per heavy atom. The number of hydrogen-bond acceptors (Lipinski definition) is 4. The largest absolute Gasteiger partial charge is 0.467 e. The molecule has 1 rings (SSSR count). The highest BCUT2D eigenvalue weighted by atomic mass is 35.5. The van der Waals surface area contributed by atoms with Crippen molar-refractivity contribution < 1.29 is 14.3 Å². The SMILES string of the molecule is CC[C@H](C)[C@H](NC(=O)[C@H]1CCN[C@@H](C)C1)C(=O)OC.Cl. The van der Waals surface area contributed by atoms with Gasteiger partial charge in [-0.15, -0.1) is 12.4 Å². The van der Waals surface area contributed by atoms with Gasteiger partial charge in [-0.2, -0.15) is 0 Å². The summed E-state index contributed by atoms with van der Waals surface area (Å²) < 4.78 is 4.78. The van der Waals surface area contributed by atoms with Crippen LogP contribution >= 0.6 is 12.4 Å². The first kappa shape index (κ1) is 19.2. The van der Waals surface area contributed by atoms with Gasteiger partial charge in [0.25, 0.3) is 0 Å². The van der Waals surface area contributed by atoms with Crippen molar-refractivity contribution in [2.45, 2.75) is 52.1 Å². The Balaban J connectivity index is 0.00000361. The molecule has 6 heteroatoms. The van der Waals surface area contributed by atoms with E-state index in [-0.39, 0.29) is 36.1 Å². The van der Waals surface area contributed by atoms with Crippen LogP contribution < -0.4 is 10.6 Å². The van der Waals surface area contributed by atoms with Gasteiger partial charge in [-0.1, -0.05) is 20.3 Å². The van der Waals surface area contributed by atoms with Crippen LogP contribution in [0.2, 0.25) is 0 Å². The third-order valence-electron chi connectivity index (χ3n) is 3.96. The number of methoxy groups -OCH3 is 1. The lowest BCUT2D eigenvalue weighted by atomic mass is 9.91. The summed E-state index contributed by atoms with van der Waals surface area (Å²) >= 11 is 0. The molecule has 1 fully saturated rings. The van der Waals surface area contributed by atoms with E-state index in [1.165, 1.54) is 7.11 Å². The molecule has 20 heavy (non-hydrogen) atoms. The number of piperidine rings is 1. The van der Waals surface area contributed by atoms with E-state index in [0.717, 1.165) is 25.8 Å². The maximum atomic E-state index is 12.2. The van der Waals surface area contributed by atoms with Gasteiger partial charge in [-0.25, -0.2) is 4.79 Å². The van der Waals surface area contributed by atoms with Crippen LogP contribution in [0, 0.1) is 11.8 Å². The molecule has 2 N–H and O–H groups in total. The Bertz CT molecular complexity index is 326. The maximum Gasteiger partial charge on any atom is 0.328 e. The molecule has 0 spiro atoms. The Morgan fingerprint density at radius 3 is 2.60 bits per heavy atom. The van der Waals surface area contributed by atoms with Gasteiger partial charge in [-0.3, -0.25) is 4.79 Å². The van der Waals surface area contributed by atoms with Crippen LogP contribution in [0.15, 0.2) is 0 Å². The summed E-state index contributed by atoms with van der Waals surface area (Å²) in [4.78, 5) is 24.0. The Morgan fingerprint density at radius 1 is 1.45 bits per heavy atom. The highest BCUT2D eigenvalue weighted by molar-refractivity contribution is 5.86. The Labute approximate surface area is 127 Å². The lowest BCUT2D eigenvalue weighted by Gasteiger charge is -2.29. The first-order valence-electron chi connectivity index (χ1n) is 7.11. The lowest BCUT2D eigenvalue weighted by molar-refractivity contribution is -0.147. The van der Waals surface area contributed by atoms with E-state index in [4.69, 9.17) is 4.74 Å². The Kier molecular flexibility index (Phi) is 8.81. The summed E-state index contributed by atoms with van der Waals surface area (Å²) in [6.07, 6.45) is 2.47. The van der Waals surface area contributed by atoms with Gasteiger partial charge in [0.2, 0.25) is 5.91 Å². The average molecular weight is 307 g/mol. The molecule has 0 bridgehead atoms. The fourth-order valence-electron chi connectivity index (χ4n) is 2.44. The van der Waals surface area contributed by atoms with Crippen molar-refractivity contribution in [1.82, 2.24) is 10.6 Å². The molecule has 4 atom stereocenters. The fraction of sp³-hybridized carbons (Fsp3) is 0.857. The lowest BCUT2D eigenvalue weighted by Crippen LogP contribution is -2.50. The average Bonchev–Trinajstić information content (AvgIpc) is 2.42. The van der Waals surface area contributed by atoms with Gasteiger partial charge < -0.3 is 15.4 Å². The second-order valence-corrected chi connectivity index (χ2v) is 5.47. The molecule has 0 aromatic heterocycles. The highest BCUT2D eigenvalue weighted by Crippen LogP contribution is 2.17. The van der Waals surface area contributed by atoms with Crippen LogP contribution in [-0.4, -0.2) is 37.6 Å². The molecular weight excluding hydrogens is 280 g/mol. The topological polar surface area (TPSA) is 67.4 Å². The van der Waals surface area contributed by atoms with Crippen LogP contribution in [0.25, 0.3) is 0 Å². The van der Waals surface area contributed by atoms with E-state index in [0.29, 0.717) is 6.04 Å². The molecular formula is C14H27ClN2O3. The van der Waals surface area contributed by atoms with Crippen LogP contribution in [0.3, 0.4) is 0 Å². The number of ether oxygens (including phenoxy) is 1. The van der Waals surface area contributed by atoms with Crippen molar-refractivity contribution in [2.24, 2.45) is 11.8 Å². The monoisotopic (exact) mass is 306 g/mol. The smallest absolute Gasteiger partial charge is 0.328 e. The molecule has 0 saturated carbocycles. The van der Waals surface area contributed by atoms with Gasteiger partial charge in [0, 0.05) is 12.0 Å². The second kappa shape index (κ2) is 9.19. The molecule has 1 aliphatic rings. The number of nitrogens with one attached hydrogen (secondary N) is 2. The zero-order chi connectivity index (χ0) is 14.4. The third-order valence-corrected chi connectivity index (χ3v) is 3.96. The van der Waals surface area contributed by atoms with E-state index in [1.54, 1.807) is 0 Å². The Hall–Kier alpha value is -0.810. The number of amides is 1. The fourth-order valence-corrected chi connectivity index (χ4v) is 2.44. The molecule has 1 amide bonds. The predicted molar refractivity (Wildman–Crippen MR) is 80.8 cm³/mol. The summed E-state index contributed by atoms with van der Waals surface area (Å²) in [6.45, 7) is 6.88. The van der Waals surface area contributed by atoms with Crippen molar-refractivity contribution in [1.29, 1.82) is 0 Å². The van der Waals surface area contributed by atoms with Crippen LogP contribution in [0.4, 0.5) is 0 Å². The predicted octanol–water partition coefficient (Wildman–Crippen LogP) is 1.50. The number of hydrogen-bond donors (Lipinski definition) is 2. The van der Waals surface area contributed by atoms with E-state index in [2.05, 4.69) is 17.6 Å². The van der Waals surface area contributed by atoms with E-state index >= 15 is 0 Å². The van der Waals surface area contributed by atoms with Crippen molar-refractivity contribution in [3.63, 3.8) is 0 Å². The minimum Gasteiger partial charge on any atom is -0.467 e. The summed E-state index contributed by atoms with van der Waals surface area (Å²) in [5, 5.41) is 6.18. The van der Waals surface area contributed by atoms with Crippen molar-refractivity contribution in [3.05, 3.63) is 0 Å². The van der Waals surface area contributed by atoms with E-state index < -0.39 is 6.04 Å². The van der Waals surface area contributed by atoms with Crippen molar-refractivity contribution in [2.75, 3.05) is 13.7 Å². The van der Waals surface area contributed by atoms with Crippen LogP contribution in [0.1, 0.15) is 40.0 Å². The molecule has 1 aliphatic heterocycles. The standard InChI is InChI=1S/C14H26N2O3.ClH/c1-5-9(2)12(14(18)19-4)16-13(17)11-6-7-15-10(3)8-11;/h9-12,15H,5-8H2,1-4H3,(H,16,17);1H/t9-,10-,11-,12-;/m0./s1. The minimum absolute atomic E-state index is 0. The molecule has 0 aromatic rings. The van der Waals surface area contributed by atoms with Gasteiger partial charge in [0.1, 0.15) is 6.04 Å². The molecule has 1 heterocycles. The van der Waals surface area contributed by atoms with Gasteiger partial charge >= 0.3 is 5.97 Å². The van der Waals surface area contributed by atoms with Crippen LogP contribution in [0.5, 0.6) is 0 Å². The third kappa shape index (κ3) is 5.29. The molecule has 0 aliphatic carbocycles. The first-order valence-corrected chi connectivity index (χ1v) is 7.11. The zero-order valence-electron chi connectivity index (χ0n) is 12.8. The van der Waals surface area contributed by atoms with Crippen LogP contribution in [-0.2, 0) is 14.3 Å².